The van der Waals surface area contributed by atoms with Crippen LogP contribution in [-0.4, -0.2) is 6.61 Å². The second-order valence-corrected chi connectivity index (χ2v) is 7.31. The highest BCUT2D eigenvalue weighted by molar-refractivity contribution is 9.10. The van der Waals surface area contributed by atoms with E-state index in [9.17, 15) is 8.78 Å². The van der Waals surface area contributed by atoms with Gasteiger partial charge in [0.1, 0.15) is 0 Å². The van der Waals surface area contributed by atoms with Crippen molar-refractivity contribution >= 4 is 15.9 Å². The number of halogens is 3. The first-order valence-electron chi connectivity index (χ1n) is 8.37. The van der Waals surface area contributed by atoms with Crippen molar-refractivity contribution in [2.24, 2.45) is 11.8 Å². The Labute approximate surface area is 140 Å². The monoisotopic (exact) mass is 374 g/mol. The van der Waals surface area contributed by atoms with Gasteiger partial charge in [0.05, 0.1) is 6.61 Å². The molecule has 0 heterocycles. The minimum atomic E-state index is -0.892. The molecule has 1 aromatic carbocycles. The molecule has 0 radical (unpaired) electrons. The fourth-order valence-corrected chi connectivity index (χ4v) is 3.62. The van der Waals surface area contributed by atoms with Gasteiger partial charge in [0, 0.05) is 4.47 Å². The summed E-state index contributed by atoms with van der Waals surface area (Å²) >= 11 is 3.16. The van der Waals surface area contributed by atoms with Gasteiger partial charge in [0.15, 0.2) is 11.6 Å². The molecule has 0 N–H and O–H groups in total. The average Bonchev–Trinajstić information content (AvgIpc) is 2.51. The van der Waals surface area contributed by atoms with Crippen LogP contribution in [0.5, 0.6) is 5.75 Å². The SMILES string of the molecule is CCCCCC1CCC(COc2cc(Br)cc(F)c2F)CC1. The molecule has 0 aromatic heterocycles. The van der Waals surface area contributed by atoms with Crippen LogP contribution in [0.4, 0.5) is 8.78 Å². The molecular weight excluding hydrogens is 350 g/mol. The van der Waals surface area contributed by atoms with Crippen molar-refractivity contribution < 1.29 is 13.5 Å². The predicted octanol–water partition coefficient (Wildman–Crippen LogP) is 6.49. The summed E-state index contributed by atoms with van der Waals surface area (Å²) < 4.78 is 33.0. The van der Waals surface area contributed by atoms with Gasteiger partial charge in [-0.15, -0.1) is 0 Å². The van der Waals surface area contributed by atoms with Crippen molar-refractivity contribution in [1.82, 2.24) is 0 Å². The van der Waals surface area contributed by atoms with Crippen molar-refractivity contribution in [1.29, 1.82) is 0 Å². The van der Waals surface area contributed by atoms with Crippen LogP contribution in [0.1, 0.15) is 58.3 Å². The molecule has 0 unspecified atom stereocenters. The first kappa shape index (κ1) is 17.7. The Morgan fingerprint density at radius 3 is 2.45 bits per heavy atom. The zero-order valence-corrected chi connectivity index (χ0v) is 14.8. The first-order valence-corrected chi connectivity index (χ1v) is 9.16. The van der Waals surface area contributed by atoms with Crippen LogP contribution in [0.3, 0.4) is 0 Å². The van der Waals surface area contributed by atoms with Crippen molar-refractivity contribution in [2.45, 2.75) is 58.3 Å². The number of hydrogen-bond acceptors (Lipinski definition) is 1. The van der Waals surface area contributed by atoms with Crippen LogP contribution >= 0.6 is 15.9 Å². The van der Waals surface area contributed by atoms with Gasteiger partial charge in [-0.25, -0.2) is 4.39 Å². The maximum Gasteiger partial charge on any atom is 0.200 e. The predicted molar refractivity (Wildman–Crippen MR) is 89.1 cm³/mol. The normalized spacial score (nSPS) is 21.8. The molecule has 4 heteroatoms. The van der Waals surface area contributed by atoms with Crippen LogP contribution in [0.25, 0.3) is 0 Å². The van der Waals surface area contributed by atoms with Gasteiger partial charge in [0.25, 0.3) is 0 Å². The fraction of sp³-hybridized carbons (Fsp3) is 0.667. The Balaban J connectivity index is 1.75. The highest BCUT2D eigenvalue weighted by atomic mass is 79.9. The summed E-state index contributed by atoms with van der Waals surface area (Å²) in [6.07, 6.45) is 10.0. The quantitative estimate of drug-likeness (QED) is 0.391. The van der Waals surface area contributed by atoms with Crippen LogP contribution in [-0.2, 0) is 0 Å². The Bertz CT molecular complexity index is 470. The maximum atomic E-state index is 13.7. The largest absolute Gasteiger partial charge is 0.490 e. The average molecular weight is 375 g/mol. The summed E-state index contributed by atoms with van der Waals surface area (Å²) in [6, 6.07) is 2.61. The molecule has 1 nitrogen and oxygen atoms in total. The smallest absolute Gasteiger partial charge is 0.200 e. The lowest BCUT2D eigenvalue weighted by Crippen LogP contribution is -2.20. The van der Waals surface area contributed by atoms with E-state index in [1.807, 2.05) is 0 Å². The fourth-order valence-electron chi connectivity index (χ4n) is 3.21. The minimum Gasteiger partial charge on any atom is -0.490 e. The van der Waals surface area contributed by atoms with Crippen molar-refractivity contribution in [2.75, 3.05) is 6.61 Å². The van der Waals surface area contributed by atoms with E-state index < -0.39 is 11.6 Å². The Morgan fingerprint density at radius 2 is 1.77 bits per heavy atom. The Morgan fingerprint density at radius 1 is 1.09 bits per heavy atom. The molecule has 0 saturated heterocycles. The molecule has 1 aliphatic rings. The molecule has 1 fully saturated rings. The summed E-state index contributed by atoms with van der Waals surface area (Å²) in [5, 5.41) is 0. The van der Waals surface area contributed by atoms with Crippen molar-refractivity contribution in [3.8, 4) is 5.75 Å². The first-order chi connectivity index (χ1) is 10.6. The van der Waals surface area contributed by atoms with Gasteiger partial charge in [0.2, 0.25) is 5.82 Å². The van der Waals surface area contributed by atoms with Crippen LogP contribution in [0.15, 0.2) is 16.6 Å². The number of rotatable bonds is 7. The molecule has 0 bridgehead atoms. The highest BCUT2D eigenvalue weighted by Gasteiger charge is 2.22. The van der Waals surface area contributed by atoms with Gasteiger partial charge in [-0.2, -0.15) is 4.39 Å². The Hall–Kier alpha value is -0.640. The minimum absolute atomic E-state index is 0.0111. The molecule has 0 amide bonds. The van der Waals surface area contributed by atoms with Crippen LogP contribution in [0.2, 0.25) is 0 Å². The van der Waals surface area contributed by atoms with Crippen LogP contribution in [0, 0.1) is 23.5 Å². The molecule has 1 aliphatic carbocycles. The third-order valence-corrected chi connectivity index (χ3v) is 5.07. The van der Waals surface area contributed by atoms with Gasteiger partial charge >= 0.3 is 0 Å². The standard InChI is InChI=1S/C18H25BrF2O/c1-2-3-4-5-13-6-8-14(9-7-13)12-22-17-11-15(19)10-16(20)18(17)21/h10-11,13-14H,2-9,12H2,1H3. The molecule has 2 rings (SSSR count). The lowest BCUT2D eigenvalue weighted by atomic mass is 9.80. The lowest BCUT2D eigenvalue weighted by Gasteiger charge is -2.28. The van der Waals surface area contributed by atoms with Gasteiger partial charge in [-0.3, -0.25) is 0 Å². The maximum absolute atomic E-state index is 13.7. The topological polar surface area (TPSA) is 9.23 Å². The van der Waals surface area contributed by atoms with Crippen LogP contribution < -0.4 is 4.74 Å². The second kappa shape index (κ2) is 8.85. The zero-order valence-electron chi connectivity index (χ0n) is 13.2. The third kappa shape index (κ3) is 5.22. The van der Waals surface area contributed by atoms with E-state index in [0.717, 1.165) is 24.8 Å². The second-order valence-electron chi connectivity index (χ2n) is 6.39. The number of hydrogen-bond donors (Lipinski definition) is 0. The Kier molecular flexibility index (Phi) is 7.13. The number of ether oxygens (including phenoxy) is 1. The van der Waals surface area contributed by atoms with Gasteiger partial charge < -0.3 is 4.74 Å². The number of benzene rings is 1. The lowest BCUT2D eigenvalue weighted by molar-refractivity contribution is 0.172. The molecule has 22 heavy (non-hydrogen) atoms. The van der Waals surface area contributed by atoms with E-state index in [0.29, 0.717) is 17.0 Å². The summed E-state index contributed by atoms with van der Waals surface area (Å²) in [6.45, 7) is 2.71. The van der Waals surface area contributed by atoms with E-state index in [1.165, 1.54) is 44.6 Å². The van der Waals surface area contributed by atoms with Crippen molar-refractivity contribution in [3.63, 3.8) is 0 Å². The molecule has 0 atom stereocenters. The van der Waals surface area contributed by atoms with Crippen molar-refractivity contribution in [3.05, 3.63) is 28.2 Å². The number of unbranched alkanes of at least 4 members (excludes halogenated alkanes) is 2. The van der Waals surface area contributed by atoms with E-state index in [2.05, 4.69) is 22.9 Å². The van der Waals surface area contributed by atoms with E-state index in [1.54, 1.807) is 0 Å². The molecule has 0 aliphatic heterocycles. The zero-order chi connectivity index (χ0) is 15.9. The van der Waals surface area contributed by atoms with Gasteiger partial charge in [-0.05, 0) is 36.8 Å². The summed E-state index contributed by atoms with van der Waals surface area (Å²) in [4.78, 5) is 0. The molecule has 124 valence electrons. The van der Waals surface area contributed by atoms with E-state index >= 15 is 0 Å². The molecule has 1 saturated carbocycles. The highest BCUT2D eigenvalue weighted by Crippen LogP contribution is 2.33. The van der Waals surface area contributed by atoms with E-state index in [-0.39, 0.29) is 5.75 Å². The van der Waals surface area contributed by atoms with Gasteiger partial charge in [-0.1, -0.05) is 61.4 Å². The summed E-state index contributed by atoms with van der Waals surface area (Å²) in [7, 11) is 0. The molecule has 0 spiro atoms. The summed E-state index contributed by atoms with van der Waals surface area (Å²) in [5.41, 5.74) is 0. The summed E-state index contributed by atoms with van der Waals surface area (Å²) in [5.74, 6) is -0.441. The molecular formula is C18H25BrF2O. The van der Waals surface area contributed by atoms with E-state index in [4.69, 9.17) is 4.74 Å². The molecule has 1 aromatic rings. The third-order valence-electron chi connectivity index (χ3n) is 4.62.